The van der Waals surface area contributed by atoms with Crippen molar-refractivity contribution >= 4 is 17.3 Å². The fourth-order valence-corrected chi connectivity index (χ4v) is 2.25. The number of benzene rings is 1. The van der Waals surface area contributed by atoms with Crippen molar-refractivity contribution in [3.63, 3.8) is 0 Å². The molecule has 20 heavy (non-hydrogen) atoms. The molecule has 0 saturated carbocycles. The molecule has 0 spiro atoms. The Bertz CT molecular complexity index is 591. The van der Waals surface area contributed by atoms with Gasteiger partial charge in [0.2, 0.25) is 0 Å². The number of aromatic nitrogens is 2. The summed E-state index contributed by atoms with van der Waals surface area (Å²) in [7, 11) is 4.06. The molecule has 0 fully saturated rings. The number of halogens is 1. The zero-order valence-corrected chi connectivity index (χ0v) is 13.2. The standard InChI is InChI=1S/C16H20ClN3/c1-5-6-14-18-15(11(2)16(17)19-14)12-7-9-13(10-8-12)20(3)4/h7-10H,5-6H2,1-4H3. The Hall–Kier alpha value is -1.61. The molecule has 0 atom stereocenters. The van der Waals surface area contributed by atoms with Crippen LogP contribution in [0.15, 0.2) is 24.3 Å². The molecule has 0 amide bonds. The first-order valence-electron chi connectivity index (χ1n) is 6.83. The van der Waals surface area contributed by atoms with E-state index in [-0.39, 0.29) is 0 Å². The van der Waals surface area contributed by atoms with Crippen molar-refractivity contribution in [2.75, 3.05) is 19.0 Å². The lowest BCUT2D eigenvalue weighted by Gasteiger charge is -2.14. The van der Waals surface area contributed by atoms with Crippen LogP contribution in [-0.2, 0) is 6.42 Å². The van der Waals surface area contributed by atoms with E-state index in [4.69, 9.17) is 11.6 Å². The monoisotopic (exact) mass is 289 g/mol. The van der Waals surface area contributed by atoms with E-state index < -0.39 is 0 Å². The molecule has 0 unspecified atom stereocenters. The first kappa shape index (κ1) is 14.8. The Morgan fingerprint density at radius 1 is 1.10 bits per heavy atom. The van der Waals surface area contributed by atoms with Crippen LogP contribution in [0.25, 0.3) is 11.3 Å². The SMILES string of the molecule is CCCc1nc(Cl)c(C)c(-c2ccc(N(C)C)cc2)n1. The van der Waals surface area contributed by atoms with E-state index in [1.54, 1.807) is 0 Å². The predicted molar refractivity (Wildman–Crippen MR) is 85.5 cm³/mol. The average molecular weight is 290 g/mol. The fraction of sp³-hybridized carbons (Fsp3) is 0.375. The van der Waals surface area contributed by atoms with Gasteiger partial charge in [0.1, 0.15) is 11.0 Å². The number of anilines is 1. The molecule has 1 aromatic heterocycles. The van der Waals surface area contributed by atoms with Gasteiger partial charge in [-0.2, -0.15) is 0 Å². The Morgan fingerprint density at radius 3 is 2.30 bits per heavy atom. The summed E-state index contributed by atoms with van der Waals surface area (Å²) in [6.45, 7) is 4.08. The lowest BCUT2D eigenvalue weighted by atomic mass is 10.1. The molecule has 0 aliphatic rings. The largest absolute Gasteiger partial charge is 0.378 e. The fourth-order valence-electron chi connectivity index (χ4n) is 2.07. The van der Waals surface area contributed by atoms with Gasteiger partial charge in [-0.15, -0.1) is 0 Å². The second kappa shape index (κ2) is 6.23. The van der Waals surface area contributed by atoms with Crippen molar-refractivity contribution in [1.82, 2.24) is 9.97 Å². The van der Waals surface area contributed by atoms with Crippen molar-refractivity contribution in [2.24, 2.45) is 0 Å². The first-order valence-corrected chi connectivity index (χ1v) is 7.21. The highest BCUT2D eigenvalue weighted by Gasteiger charge is 2.11. The normalized spacial score (nSPS) is 10.7. The van der Waals surface area contributed by atoms with Crippen LogP contribution in [-0.4, -0.2) is 24.1 Å². The quantitative estimate of drug-likeness (QED) is 0.793. The van der Waals surface area contributed by atoms with Crippen LogP contribution in [0, 0.1) is 6.92 Å². The lowest BCUT2D eigenvalue weighted by molar-refractivity contribution is 0.833. The average Bonchev–Trinajstić information content (AvgIpc) is 2.43. The molecule has 3 nitrogen and oxygen atoms in total. The van der Waals surface area contributed by atoms with Gasteiger partial charge in [0.15, 0.2) is 0 Å². The molecule has 0 radical (unpaired) electrons. The predicted octanol–water partition coefficient (Wildman–Crippen LogP) is 4.12. The molecule has 0 aliphatic carbocycles. The van der Waals surface area contributed by atoms with Gasteiger partial charge in [-0.25, -0.2) is 9.97 Å². The number of nitrogens with zero attached hydrogens (tertiary/aromatic N) is 3. The highest BCUT2D eigenvalue weighted by Crippen LogP contribution is 2.27. The third kappa shape index (κ3) is 3.10. The highest BCUT2D eigenvalue weighted by atomic mass is 35.5. The van der Waals surface area contributed by atoms with E-state index in [0.29, 0.717) is 5.15 Å². The smallest absolute Gasteiger partial charge is 0.136 e. The number of hydrogen-bond donors (Lipinski definition) is 0. The van der Waals surface area contributed by atoms with Gasteiger partial charge in [-0.1, -0.05) is 30.7 Å². The summed E-state index contributed by atoms with van der Waals surface area (Å²) >= 11 is 6.23. The molecule has 4 heteroatoms. The van der Waals surface area contributed by atoms with Gasteiger partial charge in [0.25, 0.3) is 0 Å². The summed E-state index contributed by atoms with van der Waals surface area (Å²) in [6.07, 6.45) is 1.86. The van der Waals surface area contributed by atoms with Gasteiger partial charge in [0.05, 0.1) is 5.69 Å². The molecule has 106 valence electrons. The summed E-state index contributed by atoms with van der Waals surface area (Å²) in [4.78, 5) is 11.1. The second-order valence-electron chi connectivity index (χ2n) is 5.10. The van der Waals surface area contributed by atoms with E-state index in [2.05, 4.69) is 46.1 Å². The Labute approximate surface area is 125 Å². The molecule has 1 aromatic carbocycles. The van der Waals surface area contributed by atoms with Crippen molar-refractivity contribution < 1.29 is 0 Å². The minimum absolute atomic E-state index is 0.551. The molecule has 0 aliphatic heterocycles. The summed E-state index contributed by atoms with van der Waals surface area (Å²) in [6, 6.07) is 8.34. The molecule has 0 N–H and O–H groups in total. The van der Waals surface area contributed by atoms with Gasteiger partial charge in [-0.05, 0) is 25.5 Å². The summed E-state index contributed by atoms with van der Waals surface area (Å²) in [5.41, 5.74) is 4.11. The van der Waals surface area contributed by atoms with Crippen molar-refractivity contribution in [3.05, 3.63) is 40.8 Å². The van der Waals surface area contributed by atoms with Crippen LogP contribution in [0.2, 0.25) is 5.15 Å². The lowest BCUT2D eigenvalue weighted by Crippen LogP contribution is -2.08. The maximum absolute atomic E-state index is 6.23. The molecule has 2 rings (SSSR count). The summed E-state index contributed by atoms with van der Waals surface area (Å²) in [5, 5.41) is 0.551. The molecule has 0 saturated heterocycles. The zero-order chi connectivity index (χ0) is 14.7. The van der Waals surface area contributed by atoms with Crippen LogP contribution >= 0.6 is 11.6 Å². The summed E-state index contributed by atoms with van der Waals surface area (Å²) < 4.78 is 0. The minimum Gasteiger partial charge on any atom is -0.378 e. The Kier molecular flexibility index (Phi) is 4.61. The summed E-state index contributed by atoms with van der Waals surface area (Å²) in [5.74, 6) is 0.815. The zero-order valence-electron chi connectivity index (χ0n) is 12.4. The van der Waals surface area contributed by atoms with Gasteiger partial charge >= 0.3 is 0 Å². The van der Waals surface area contributed by atoms with Crippen molar-refractivity contribution in [3.8, 4) is 11.3 Å². The minimum atomic E-state index is 0.551. The van der Waals surface area contributed by atoms with Crippen LogP contribution in [0.5, 0.6) is 0 Å². The van der Waals surface area contributed by atoms with Gasteiger partial charge < -0.3 is 4.90 Å². The Morgan fingerprint density at radius 2 is 1.75 bits per heavy atom. The molecule has 2 aromatic rings. The highest BCUT2D eigenvalue weighted by molar-refractivity contribution is 6.30. The van der Waals surface area contributed by atoms with E-state index in [1.165, 1.54) is 5.69 Å². The van der Waals surface area contributed by atoms with Crippen LogP contribution in [0.4, 0.5) is 5.69 Å². The van der Waals surface area contributed by atoms with Crippen LogP contribution in [0.1, 0.15) is 24.7 Å². The second-order valence-corrected chi connectivity index (χ2v) is 5.45. The number of aryl methyl sites for hydroxylation is 1. The molecule has 0 bridgehead atoms. The molecular formula is C16H20ClN3. The Balaban J connectivity index is 2.45. The van der Waals surface area contributed by atoms with E-state index in [0.717, 1.165) is 35.5 Å². The molecule has 1 heterocycles. The van der Waals surface area contributed by atoms with E-state index in [9.17, 15) is 0 Å². The number of rotatable bonds is 4. The number of hydrogen-bond acceptors (Lipinski definition) is 3. The maximum atomic E-state index is 6.23. The van der Waals surface area contributed by atoms with E-state index >= 15 is 0 Å². The third-order valence-corrected chi connectivity index (χ3v) is 3.63. The van der Waals surface area contributed by atoms with Gasteiger partial charge in [0, 0.05) is 37.3 Å². The van der Waals surface area contributed by atoms with Gasteiger partial charge in [-0.3, -0.25) is 0 Å². The first-order chi connectivity index (χ1) is 9.52. The molecular weight excluding hydrogens is 270 g/mol. The van der Waals surface area contributed by atoms with Crippen LogP contribution in [0.3, 0.4) is 0 Å². The third-order valence-electron chi connectivity index (χ3n) is 3.26. The maximum Gasteiger partial charge on any atom is 0.136 e. The topological polar surface area (TPSA) is 29.0 Å². The van der Waals surface area contributed by atoms with Crippen molar-refractivity contribution in [2.45, 2.75) is 26.7 Å². The van der Waals surface area contributed by atoms with E-state index in [1.807, 2.05) is 21.0 Å². The van der Waals surface area contributed by atoms with Crippen molar-refractivity contribution in [1.29, 1.82) is 0 Å². The van der Waals surface area contributed by atoms with Crippen LogP contribution < -0.4 is 4.90 Å².